The van der Waals surface area contributed by atoms with Crippen LogP contribution in [0.1, 0.15) is 21.6 Å². The summed E-state index contributed by atoms with van der Waals surface area (Å²) in [6, 6.07) is 7.56. The molecule has 1 fully saturated rings. The first-order chi connectivity index (χ1) is 11.3. The van der Waals surface area contributed by atoms with Crippen molar-refractivity contribution in [3.05, 3.63) is 40.3 Å². The topological polar surface area (TPSA) is 60.9 Å². The van der Waals surface area contributed by atoms with E-state index in [1.165, 1.54) is 11.3 Å². The van der Waals surface area contributed by atoms with Crippen molar-refractivity contribution in [3.63, 3.8) is 0 Å². The molecule has 23 heavy (non-hydrogen) atoms. The fourth-order valence-corrected chi connectivity index (χ4v) is 3.41. The van der Waals surface area contributed by atoms with Crippen LogP contribution in [0.4, 0.5) is 0 Å². The zero-order chi connectivity index (χ0) is 15.6. The Hall–Kier alpha value is -2.12. The van der Waals surface area contributed by atoms with Crippen molar-refractivity contribution in [2.45, 2.75) is 6.10 Å². The summed E-state index contributed by atoms with van der Waals surface area (Å²) in [5, 5.41) is 2.55. The molecule has 0 bridgehead atoms. The molecule has 0 N–H and O–H groups in total. The molecule has 2 aliphatic heterocycles. The lowest BCUT2D eigenvalue weighted by Crippen LogP contribution is -2.40. The van der Waals surface area contributed by atoms with Crippen molar-refractivity contribution < 1.29 is 19.0 Å². The summed E-state index contributed by atoms with van der Waals surface area (Å²) in [5.74, 6) is 1.40. The van der Waals surface area contributed by atoms with Crippen LogP contribution in [-0.2, 0) is 4.74 Å². The number of carbonyl (C=O) groups is 1. The van der Waals surface area contributed by atoms with Crippen LogP contribution in [0.2, 0.25) is 0 Å². The van der Waals surface area contributed by atoms with Gasteiger partial charge in [0.2, 0.25) is 0 Å². The van der Waals surface area contributed by atoms with Crippen molar-refractivity contribution in [2.75, 3.05) is 32.9 Å². The molecule has 6 nitrogen and oxygen atoms in total. The predicted octanol–water partition coefficient (Wildman–Crippen LogP) is 2.13. The lowest BCUT2D eigenvalue weighted by Gasteiger charge is -2.26. The van der Waals surface area contributed by atoms with Crippen LogP contribution >= 0.6 is 11.3 Å². The molecule has 1 saturated heterocycles. The van der Waals surface area contributed by atoms with E-state index in [1.807, 2.05) is 24.3 Å². The number of benzene rings is 1. The zero-order valence-electron chi connectivity index (χ0n) is 12.4. The first-order valence-corrected chi connectivity index (χ1v) is 8.40. The Morgan fingerprint density at radius 3 is 2.83 bits per heavy atom. The molecule has 120 valence electrons. The van der Waals surface area contributed by atoms with Gasteiger partial charge in [0.25, 0.3) is 5.91 Å². The second kappa shape index (κ2) is 6.17. The van der Waals surface area contributed by atoms with Crippen molar-refractivity contribution in [1.29, 1.82) is 0 Å². The third kappa shape index (κ3) is 2.89. The summed E-state index contributed by atoms with van der Waals surface area (Å²) in [5.41, 5.74) is 0.467. The van der Waals surface area contributed by atoms with E-state index in [9.17, 15) is 4.79 Å². The third-order valence-corrected chi connectivity index (χ3v) is 4.76. The molecular formula is C16H16N2O4S. The van der Waals surface area contributed by atoms with Gasteiger partial charge in [0.15, 0.2) is 17.6 Å². The van der Waals surface area contributed by atoms with Gasteiger partial charge in [-0.2, -0.15) is 0 Å². The van der Waals surface area contributed by atoms with Crippen LogP contribution in [0.15, 0.2) is 29.6 Å². The summed E-state index contributed by atoms with van der Waals surface area (Å²) in [6.45, 7) is 2.79. The van der Waals surface area contributed by atoms with Gasteiger partial charge in [-0.1, -0.05) is 12.1 Å². The van der Waals surface area contributed by atoms with Gasteiger partial charge in [-0.15, -0.1) is 11.3 Å². The highest BCUT2D eigenvalue weighted by molar-refractivity contribution is 7.09. The minimum atomic E-state index is -0.277. The fourth-order valence-electron chi connectivity index (χ4n) is 2.60. The number of para-hydroxylation sites is 2. The summed E-state index contributed by atoms with van der Waals surface area (Å²) in [4.78, 5) is 18.7. The van der Waals surface area contributed by atoms with Crippen molar-refractivity contribution >= 4 is 17.2 Å². The minimum Gasteiger partial charge on any atom is -0.485 e. The first-order valence-electron chi connectivity index (χ1n) is 7.52. The van der Waals surface area contributed by atoms with E-state index in [2.05, 4.69) is 4.98 Å². The fraction of sp³-hybridized carbons (Fsp3) is 0.375. The molecule has 1 aromatic heterocycles. The average molecular weight is 332 g/mol. The molecule has 0 unspecified atom stereocenters. The lowest BCUT2D eigenvalue weighted by atomic mass is 10.2. The van der Waals surface area contributed by atoms with Crippen LogP contribution < -0.4 is 9.47 Å². The Balaban J connectivity index is 1.49. The summed E-state index contributed by atoms with van der Waals surface area (Å²) >= 11 is 1.43. The van der Waals surface area contributed by atoms with Gasteiger partial charge in [0.05, 0.1) is 13.2 Å². The van der Waals surface area contributed by atoms with Crippen LogP contribution in [0, 0.1) is 0 Å². The highest BCUT2D eigenvalue weighted by Crippen LogP contribution is 2.36. The van der Waals surface area contributed by atoms with Gasteiger partial charge in [-0.25, -0.2) is 4.98 Å². The molecule has 1 atom stereocenters. The van der Waals surface area contributed by atoms with Crippen molar-refractivity contribution in [2.24, 2.45) is 0 Å². The highest BCUT2D eigenvalue weighted by Gasteiger charge is 2.27. The van der Waals surface area contributed by atoms with Crippen LogP contribution in [-0.4, -0.2) is 48.7 Å². The molecule has 4 rings (SSSR count). The first kappa shape index (κ1) is 14.5. The third-order valence-electron chi connectivity index (χ3n) is 3.82. The second-order valence-corrected chi connectivity index (χ2v) is 6.23. The maximum atomic E-state index is 12.4. The maximum absolute atomic E-state index is 12.4. The standard InChI is InChI=1S/C16H16N2O4S/c19-16(18-5-7-20-8-6-18)11-10-23-15(17-11)14-9-21-12-3-1-2-4-13(12)22-14/h1-4,10,14H,5-9H2/t14-/m1/s1. The molecule has 1 amide bonds. The molecule has 3 heterocycles. The molecule has 0 aliphatic carbocycles. The zero-order valence-corrected chi connectivity index (χ0v) is 13.3. The lowest BCUT2D eigenvalue weighted by molar-refractivity contribution is 0.0298. The van der Waals surface area contributed by atoms with Gasteiger partial charge < -0.3 is 19.1 Å². The van der Waals surface area contributed by atoms with Crippen LogP contribution in [0.3, 0.4) is 0 Å². The minimum absolute atomic E-state index is 0.0482. The number of hydrogen-bond acceptors (Lipinski definition) is 6. The smallest absolute Gasteiger partial charge is 0.273 e. The number of carbonyl (C=O) groups excluding carboxylic acids is 1. The van der Waals surface area contributed by atoms with E-state index in [0.29, 0.717) is 44.4 Å². The SMILES string of the molecule is O=C(c1csc([C@H]2COc3ccccc3O2)n1)N1CCOCC1. The largest absolute Gasteiger partial charge is 0.485 e. The Morgan fingerprint density at radius 1 is 1.22 bits per heavy atom. The number of ether oxygens (including phenoxy) is 3. The van der Waals surface area contributed by atoms with Gasteiger partial charge in [0.1, 0.15) is 17.3 Å². The second-order valence-electron chi connectivity index (χ2n) is 5.34. The maximum Gasteiger partial charge on any atom is 0.273 e. The van der Waals surface area contributed by atoms with Crippen LogP contribution in [0.25, 0.3) is 0 Å². The van der Waals surface area contributed by atoms with E-state index >= 15 is 0 Å². The van der Waals surface area contributed by atoms with E-state index in [0.717, 1.165) is 10.8 Å². The van der Waals surface area contributed by atoms with Gasteiger partial charge >= 0.3 is 0 Å². The molecule has 0 spiro atoms. The number of rotatable bonds is 2. The molecule has 1 aromatic carbocycles. The van der Waals surface area contributed by atoms with Crippen LogP contribution in [0.5, 0.6) is 11.5 Å². The normalized spacial score (nSPS) is 20.3. The van der Waals surface area contributed by atoms with E-state index in [-0.39, 0.29) is 12.0 Å². The van der Waals surface area contributed by atoms with E-state index < -0.39 is 0 Å². The average Bonchev–Trinajstić information content (AvgIpc) is 3.11. The molecular weight excluding hydrogens is 316 g/mol. The van der Waals surface area contributed by atoms with E-state index in [1.54, 1.807) is 10.3 Å². The Bertz CT molecular complexity index is 712. The number of amides is 1. The summed E-state index contributed by atoms with van der Waals surface area (Å²) < 4.78 is 16.9. The summed E-state index contributed by atoms with van der Waals surface area (Å²) in [7, 11) is 0. The van der Waals surface area contributed by atoms with Crippen molar-refractivity contribution in [3.8, 4) is 11.5 Å². The van der Waals surface area contributed by atoms with Gasteiger partial charge in [-0.3, -0.25) is 4.79 Å². The molecule has 0 saturated carbocycles. The monoisotopic (exact) mass is 332 g/mol. The number of hydrogen-bond donors (Lipinski definition) is 0. The molecule has 0 radical (unpaired) electrons. The summed E-state index contributed by atoms with van der Waals surface area (Å²) in [6.07, 6.45) is -0.277. The van der Waals surface area contributed by atoms with Crippen molar-refractivity contribution in [1.82, 2.24) is 9.88 Å². The Kier molecular flexibility index (Phi) is 3.88. The molecule has 2 aromatic rings. The molecule has 7 heteroatoms. The highest BCUT2D eigenvalue weighted by atomic mass is 32.1. The number of aromatic nitrogens is 1. The number of thiazole rings is 1. The predicted molar refractivity (Wildman–Crippen MR) is 84.1 cm³/mol. The Morgan fingerprint density at radius 2 is 2.00 bits per heavy atom. The number of morpholine rings is 1. The molecule has 2 aliphatic rings. The van der Waals surface area contributed by atoms with E-state index in [4.69, 9.17) is 14.2 Å². The Labute approximate surface area is 137 Å². The van der Waals surface area contributed by atoms with Gasteiger partial charge in [0, 0.05) is 18.5 Å². The number of nitrogens with zero attached hydrogens (tertiary/aromatic N) is 2. The number of fused-ring (bicyclic) bond motifs is 1. The quantitative estimate of drug-likeness (QED) is 0.843. The van der Waals surface area contributed by atoms with Gasteiger partial charge in [-0.05, 0) is 12.1 Å².